The highest BCUT2D eigenvalue weighted by Crippen LogP contribution is 2.15. The Morgan fingerprint density at radius 2 is 2.41 bits per heavy atom. The highest BCUT2D eigenvalue weighted by Gasteiger charge is 1.95. The van der Waals surface area contributed by atoms with Crippen molar-refractivity contribution in [3.8, 4) is 6.07 Å². The number of hydrogen-bond donors (Lipinski definition) is 2. The third-order valence-corrected chi connectivity index (χ3v) is 2.68. The average Bonchev–Trinajstić information content (AvgIpc) is 2.75. The van der Waals surface area contributed by atoms with Gasteiger partial charge in [-0.15, -0.1) is 11.3 Å². The summed E-state index contributed by atoms with van der Waals surface area (Å²) in [7, 11) is 0. The molecule has 2 rings (SSSR count). The van der Waals surface area contributed by atoms with Gasteiger partial charge >= 0.3 is 0 Å². The Balaban J connectivity index is 2.03. The summed E-state index contributed by atoms with van der Waals surface area (Å²) in [4.78, 5) is 3.99. The van der Waals surface area contributed by atoms with E-state index in [1.165, 1.54) is 11.3 Å². The molecular formula is C11H9N5S. The van der Waals surface area contributed by atoms with Crippen molar-refractivity contribution in [2.75, 3.05) is 11.2 Å². The Bertz CT molecular complexity index is 582. The molecule has 0 unspecified atom stereocenters. The van der Waals surface area contributed by atoms with Gasteiger partial charge in [0, 0.05) is 5.38 Å². The van der Waals surface area contributed by atoms with E-state index in [2.05, 4.69) is 21.6 Å². The Morgan fingerprint density at radius 1 is 1.53 bits per heavy atom. The van der Waals surface area contributed by atoms with Crippen LogP contribution in [0.1, 0.15) is 11.1 Å². The topological polar surface area (TPSA) is 87.1 Å². The molecule has 0 radical (unpaired) electrons. The van der Waals surface area contributed by atoms with E-state index in [9.17, 15) is 0 Å². The Hall–Kier alpha value is -2.39. The number of aromatic nitrogens is 1. The summed E-state index contributed by atoms with van der Waals surface area (Å²) < 4.78 is 0. The van der Waals surface area contributed by atoms with Crippen molar-refractivity contribution in [3.63, 3.8) is 0 Å². The first kappa shape index (κ1) is 11.1. The summed E-state index contributed by atoms with van der Waals surface area (Å²) in [5.74, 6) is 0.471. The van der Waals surface area contributed by atoms with Gasteiger partial charge in [0.15, 0.2) is 0 Å². The number of hydrazone groups is 1. The molecule has 0 fully saturated rings. The van der Waals surface area contributed by atoms with Crippen LogP contribution in [0.4, 0.5) is 10.9 Å². The standard InChI is InChI=1S/C11H9N5S/c12-5-8-2-1-3-9(4-8)6-14-16-11-15-10(13)7-17-11/h1-4,6-7H,13H2,(H,15,16). The van der Waals surface area contributed by atoms with Crippen molar-refractivity contribution in [1.29, 1.82) is 5.26 Å². The summed E-state index contributed by atoms with van der Waals surface area (Å²) in [5.41, 5.74) is 9.69. The second-order valence-electron chi connectivity index (χ2n) is 3.18. The van der Waals surface area contributed by atoms with E-state index in [-0.39, 0.29) is 0 Å². The van der Waals surface area contributed by atoms with Crippen LogP contribution in [-0.4, -0.2) is 11.2 Å². The lowest BCUT2D eigenvalue weighted by Gasteiger charge is -1.94. The van der Waals surface area contributed by atoms with Gasteiger partial charge < -0.3 is 5.73 Å². The number of thiazole rings is 1. The quantitative estimate of drug-likeness (QED) is 0.638. The molecule has 0 bridgehead atoms. The molecule has 0 aliphatic heterocycles. The molecule has 1 aromatic heterocycles. The maximum Gasteiger partial charge on any atom is 0.205 e. The van der Waals surface area contributed by atoms with Crippen LogP contribution in [0, 0.1) is 11.3 Å². The molecule has 1 heterocycles. The molecule has 84 valence electrons. The average molecular weight is 243 g/mol. The summed E-state index contributed by atoms with van der Waals surface area (Å²) >= 11 is 1.38. The van der Waals surface area contributed by atoms with Crippen LogP contribution >= 0.6 is 11.3 Å². The first-order valence-electron chi connectivity index (χ1n) is 4.78. The van der Waals surface area contributed by atoms with Gasteiger partial charge in [-0.2, -0.15) is 10.4 Å². The lowest BCUT2D eigenvalue weighted by molar-refractivity contribution is 1.29. The fourth-order valence-electron chi connectivity index (χ4n) is 1.19. The molecule has 0 atom stereocenters. The third-order valence-electron chi connectivity index (χ3n) is 1.91. The van der Waals surface area contributed by atoms with E-state index in [1.807, 2.05) is 6.07 Å². The molecule has 17 heavy (non-hydrogen) atoms. The van der Waals surface area contributed by atoms with Gasteiger partial charge in [0.2, 0.25) is 5.13 Å². The maximum atomic E-state index is 8.74. The van der Waals surface area contributed by atoms with Crippen molar-refractivity contribution in [2.24, 2.45) is 5.10 Å². The predicted octanol–water partition coefficient (Wildman–Crippen LogP) is 2.04. The van der Waals surface area contributed by atoms with Gasteiger partial charge in [0.05, 0.1) is 17.8 Å². The van der Waals surface area contributed by atoms with Gasteiger partial charge in [-0.25, -0.2) is 4.98 Å². The van der Waals surface area contributed by atoms with Crippen molar-refractivity contribution in [1.82, 2.24) is 4.98 Å². The third kappa shape index (κ3) is 3.03. The Labute approximate surface area is 102 Å². The smallest absolute Gasteiger partial charge is 0.205 e. The SMILES string of the molecule is N#Cc1cccc(C=NNc2nc(N)cs2)c1. The van der Waals surface area contributed by atoms with Crippen LogP contribution in [0.15, 0.2) is 34.7 Å². The zero-order valence-corrected chi connectivity index (χ0v) is 9.61. The van der Waals surface area contributed by atoms with E-state index < -0.39 is 0 Å². The monoisotopic (exact) mass is 243 g/mol. The minimum atomic E-state index is 0.471. The molecule has 1 aromatic carbocycles. The van der Waals surface area contributed by atoms with Gasteiger partial charge in [0.1, 0.15) is 5.82 Å². The predicted molar refractivity (Wildman–Crippen MR) is 68.9 cm³/mol. The number of rotatable bonds is 3. The van der Waals surface area contributed by atoms with Crippen LogP contribution in [0.3, 0.4) is 0 Å². The van der Waals surface area contributed by atoms with Crippen LogP contribution in [0.2, 0.25) is 0 Å². The molecule has 6 heteroatoms. The van der Waals surface area contributed by atoms with E-state index in [1.54, 1.807) is 29.8 Å². The fourth-order valence-corrected chi connectivity index (χ4v) is 1.74. The molecule has 0 amide bonds. The lowest BCUT2D eigenvalue weighted by atomic mass is 10.1. The van der Waals surface area contributed by atoms with Crippen molar-refractivity contribution in [3.05, 3.63) is 40.8 Å². The highest BCUT2D eigenvalue weighted by atomic mass is 32.1. The minimum Gasteiger partial charge on any atom is -0.383 e. The van der Waals surface area contributed by atoms with E-state index >= 15 is 0 Å². The van der Waals surface area contributed by atoms with E-state index in [0.29, 0.717) is 16.5 Å². The molecule has 5 nitrogen and oxygen atoms in total. The van der Waals surface area contributed by atoms with Crippen molar-refractivity contribution >= 4 is 28.5 Å². The molecular weight excluding hydrogens is 234 g/mol. The number of hydrogen-bond acceptors (Lipinski definition) is 6. The zero-order chi connectivity index (χ0) is 12.1. The fraction of sp³-hybridized carbons (Fsp3) is 0. The van der Waals surface area contributed by atoms with Crippen LogP contribution in [-0.2, 0) is 0 Å². The number of benzene rings is 1. The molecule has 2 aromatic rings. The number of nitrogens with two attached hydrogens (primary N) is 1. The zero-order valence-electron chi connectivity index (χ0n) is 8.79. The molecule has 0 saturated heterocycles. The van der Waals surface area contributed by atoms with Crippen LogP contribution in [0.25, 0.3) is 0 Å². The van der Waals surface area contributed by atoms with Gasteiger partial charge in [-0.1, -0.05) is 12.1 Å². The van der Waals surface area contributed by atoms with Crippen molar-refractivity contribution in [2.45, 2.75) is 0 Å². The summed E-state index contributed by atoms with van der Waals surface area (Å²) in [6.45, 7) is 0. The molecule has 0 aliphatic rings. The maximum absolute atomic E-state index is 8.74. The molecule has 0 spiro atoms. The second-order valence-corrected chi connectivity index (χ2v) is 4.04. The number of nitrogen functional groups attached to an aromatic ring is 1. The highest BCUT2D eigenvalue weighted by molar-refractivity contribution is 7.14. The van der Waals surface area contributed by atoms with Crippen molar-refractivity contribution < 1.29 is 0 Å². The van der Waals surface area contributed by atoms with Crippen LogP contribution in [0.5, 0.6) is 0 Å². The molecule has 3 N–H and O–H groups in total. The van der Waals surface area contributed by atoms with Gasteiger partial charge in [-0.05, 0) is 17.7 Å². The lowest BCUT2D eigenvalue weighted by Crippen LogP contribution is -1.91. The van der Waals surface area contributed by atoms with E-state index in [0.717, 1.165) is 5.56 Å². The largest absolute Gasteiger partial charge is 0.383 e. The number of nitrogens with zero attached hydrogens (tertiary/aromatic N) is 3. The number of nitrogens with one attached hydrogen (secondary N) is 1. The number of nitriles is 1. The molecule has 0 saturated carbocycles. The first-order chi connectivity index (χ1) is 8.28. The Morgan fingerprint density at radius 3 is 3.12 bits per heavy atom. The van der Waals surface area contributed by atoms with Gasteiger partial charge in [-0.3, -0.25) is 5.43 Å². The molecule has 0 aliphatic carbocycles. The number of anilines is 2. The summed E-state index contributed by atoms with van der Waals surface area (Å²) in [6.07, 6.45) is 1.62. The van der Waals surface area contributed by atoms with Crippen LogP contribution < -0.4 is 11.2 Å². The normalized spacial score (nSPS) is 10.3. The summed E-state index contributed by atoms with van der Waals surface area (Å²) in [5, 5.41) is 15.1. The first-order valence-corrected chi connectivity index (χ1v) is 5.66. The second kappa shape index (κ2) is 5.09. The summed E-state index contributed by atoms with van der Waals surface area (Å²) in [6, 6.07) is 9.23. The minimum absolute atomic E-state index is 0.471. The Kier molecular flexibility index (Phi) is 3.33. The van der Waals surface area contributed by atoms with Gasteiger partial charge in [0.25, 0.3) is 0 Å². The van der Waals surface area contributed by atoms with E-state index in [4.69, 9.17) is 11.0 Å².